The molecule has 1 aliphatic carbocycles. The Morgan fingerprint density at radius 2 is 1.94 bits per heavy atom. The molecule has 4 rings (SSSR count). The van der Waals surface area contributed by atoms with Crippen LogP contribution in [0.25, 0.3) is 0 Å². The Hall–Kier alpha value is -3.16. The number of methoxy groups -OCH3 is 1. The fraction of sp³-hybridized carbons (Fsp3) is 0.417. The summed E-state index contributed by atoms with van der Waals surface area (Å²) in [5.74, 6) is -1.71. The third-order valence-electron chi connectivity index (χ3n) is 5.96. The monoisotopic (exact) mass is 444 g/mol. The first-order valence-electron chi connectivity index (χ1n) is 10.8. The van der Waals surface area contributed by atoms with Crippen LogP contribution in [0.2, 0.25) is 0 Å². The Morgan fingerprint density at radius 3 is 2.69 bits per heavy atom. The lowest BCUT2D eigenvalue weighted by molar-refractivity contribution is -0.117. The van der Waals surface area contributed by atoms with E-state index in [0.717, 1.165) is 31.7 Å². The molecule has 0 spiro atoms. The summed E-state index contributed by atoms with van der Waals surface area (Å²) in [4.78, 5) is 26.6. The van der Waals surface area contributed by atoms with Crippen molar-refractivity contribution in [2.45, 2.75) is 44.6 Å². The number of nitrogens with one attached hydrogen (secondary N) is 1. The van der Waals surface area contributed by atoms with E-state index < -0.39 is 17.5 Å². The van der Waals surface area contributed by atoms with Gasteiger partial charge in [0.2, 0.25) is 11.8 Å². The van der Waals surface area contributed by atoms with E-state index in [1.807, 2.05) is 0 Å². The average molecular weight is 444 g/mol. The summed E-state index contributed by atoms with van der Waals surface area (Å²) in [7, 11) is 1.58. The number of amides is 2. The van der Waals surface area contributed by atoms with E-state index in [1.54, 1.807) is 30.2 Å². The molecule has 2 aromatic rings. The van der Waals surface area contributed by atoms with Crippen LogP contribution in [0, 0.1) is 17.6 Å². The van der Waals surface area contributed by atoms with Crippen LogP contribution in [0.5, 0.6) is 11.5 Å². The highest BCUT2D eigenvalue weighted by Gasteiger charge is 2.33. The molecule has 2 aromatic carbocycles. The van der Waals surface area contributed by atoms with Crippen LogP contribution >= 0.6 is 0 Å². The van der Waals surface area contributed by atoms with Gasteiger partial charge in [-0.25, -0.2) is 8.78 Å². The van der Waals surface area contributed by atoms with Gasteiger partial charge in [-0.2, -0.15) is 0 Å². The van der Waals surface area contributed by atoms with Crippen LogP contribution in [0.15, 0.2) is 36.4 Å². The maximum Gasteiger partial charge on any atom is 0.227 e. The van der Waals surface area contributed by atoms with Crippen molar-refractivity contribution in [2.75, 3.05) is 23.9 Å². The summed E-state index contributed by atoms with van der Waals surface area (Å²) in [6, 6.07) is 8.98. The van der Waals surface area contributed by atoms with Crippen molar-refractivity contribution in [3.63, 3.8) is 0 Å². The summed E-state index contributed by atoms with van der Waals surface area (Å²) in [5, 5.41) is 2.39. The number of hydrogen-bond acceptors (Lipinski definition) is 4. The number of carbonyl (C=O) groups excluding carboxylic acids is 2. The van der Waals surface area contributed by atoms with Crippen molar-refractivity contribution in [1.82, 2.24) is 0 Å². The zero-order valence-electron chi connectivity index (χ0n) is 17.9. The minimum atomic E-state index is -1.10. The molecule has 1 atom stereocenters. The molecule has 1 saturated heterocycles. The molecular weight excluding hydrogens is 418 g/mol. The summed E-state index contributed by atoms with van der Waals surface area (Å²) in [6.45, 7) is 0.354. The second-order valence-electron chi connectivity index (χ2n) is 8.29. The van der Waals surface area contributed by atoms with Crippen LogP contribution in [0.4, 0.5) is 20.2 Å². The molecule has 1 saturated carbocycles. The Bertz CT molecular complexity index is 1010. The second kappa shape index (κ2) is 9.54. The van der Waals surface area contributed by atoms with Gasteiger partial charge in [-0.15, -0.1) is 0 Å². The summed E-state index contributed by atoms with van der Waals surface area (Å²) < 4.78 is 38.7. The van der Waals surface area contributed by atoms with E-state index in [2.05, 4.69) is 5.32 Å². The molecule has 2 fully saturated rings. The van der Waals surface area contributed by atoms with E-state index in [-0.39, 0.29) is 36.5 Å². The van der Waals surface area contributed by atoms with Gasteiger partial charge in [0.1, 0.15) is 0 Å². The van der Waals surface area contributed by atoms with Gasteiger partial charge in [0.05, 0.1) is 18.9 Å². The number of hydrogen-bond donors (Lipinski definition) is 1. The Kier molecular flexibility index (Phi) is 6.58. The van der Waals surface area contributed by atoms with E-state index in [4.69, 9.17) is 9.47 Å². The van der Waals surface area contributed by atoms with E-state index in [0.29, 0.717) is 23.7 Å². The topological polar surface area (TPSA) is 67.9 Å². The maximum absolute atomic E-state index is 13.8. The molecule has 0 bridgehead atoms. The molecular formula is C24H26F2N2O4. The zero-order valence-corrected chi connectivity index (χ0v) is 17.9. The number of rotatable bonds is 7. The van der Waals surface area contributed by atoms with Gasteiger partial charge < -0.3 is 19.7 Å². The van der Waals surface area contributed by atoms with Crippen molar-refractivity contribution < 1.29 is 27.8 Å². The van der Waals surface area contributed by atoms with Crippen LogP contribution in [0.1, 0.15) is 38.5 Å². The van der Waals surface area contributed by atoms with Gasteiger partial charge in [0.15, 0.2) is 23.1 Å². The normalized spacial score (nSPS) is 18.8. The zero-order chi connectivity index (χ0) is 22.7. The predicted octanol–water partition coefficient (Wildman–Crippen LogP) is 4.68. The van der Waals surface area contributed by atoms with Crippen LogP contribution in [-0.4, -0.2) is 31.6 Å². The molecule has 0 aromatic heterocycles. The minimum absolute atomic E-state index is 0.0276. The molecule has 170 valence electrons. The highest BCUT2D eigenvalue weighted by Crippen LogP contribution is 2.37. The SMILES string of the molecule is COc1ccc(N2C[C@H](CC(=O)Nc3cccc(F)c3F)CC2=O)cc1OC1CCCC1. The largest absolute Gasteiger partial charge is 0.493 e. The highest BCUT2D eigenvalue weighted by atomic mass is 19.2. The van der Waals surface area contributed by atoms with Gasteiger partial charge >= 0.3 is 0 Å². The van der Waals surface area contributed by atoms with Gasteiger partial charge in [-0.1, -0.05) is 6.07 Å². The standard InChI is InChI=1S/C24H26F2N2O4/c1-31-20-10-9-16(13-21(20)32-17-5-2-3-6-17)28-14-15(12-23(28)30)11-22(29)27-19-8-4-7-18(25)24(19)26/h4,7-10,13,15,17H,2-3,5-6,11-12,14H2,1H3,(H,27,29)/t15-/m1/s1. The molecule has 6 nitrogen and oxygen atoms in total. The highest BCUT2D eigenvalue weighted by molar-refractivity contribution is 5.97. The van der Waals surface area contributed by atoms with Gasteiger partial charge in [-0.05, 0) is 55.9 Å². The van der Waals surface area contributed by atoms with E-state index >= 15 is 0 Å². The van der Waals surface area contributed by atoms with Gasteiger partial charge in [0, 0.05) is 31.1 Å². The number of anilines is 2. The number of halogens is 2. The molecule has 2 amide bonds. The first-order valence-corrected chi connectivity index (χ1v) is 10.8. The van der Waals surface area contributed by atoms with Gasteiger partial charge in [-0.3, -0.25) is 9.59 Å². The quantitative estimate of drug-likeness (QED) is 0.674. The Morgan fingerprint density at radius 1 is 1.16 bits per heavy atom. The van der Waals surface area contributed by atoms with Gasteiger partial charge in [0.25, 0.3) is 0 Å². The smallest absolute Gasteiger partial charge is 0.227 e. The van der Waals surface area contributed by atoms with Crippen molar-refractivity contribution in [3.05, 3.63) is 48.0 Å². The molecule has 8 heteroatoms. The maximum atomic E-state index is 13.8. The lowest BCUT2D eigenvalue weighted by atomic mass is 10.0. The average Bonchev–Trinajstić information content (AvgIpc) is 3.41. The molecule has 1 aliphatic heterocycles. The van der Waals surface area contributed by atoms with Crippen LogP contribution in [-0.2, 0) is 9.59 Å². The first-order chi connectivity index (χ1) is 15.4. The van der Waals surface area contributed by atoms with E-state index in [1.165, 1.54) is 12.1 Å². The lowest BCUT2D eigenvalue weighted by Crippen LogP contribution is -2.25. The third-order valence-corrected chi connectivity index (χ3v) is 5.96. The van der Waals surface area contributed by atoms with Crippen molar-refractivity contribution in [2.24, 2.45) is 5.92 Å². The second-order valence-corrected chi connectivity index (χ2v) is 8.29. The predicted molar refractivity (Wildman–Crippen MR) is 116 cm³/mol. The number of carbonyl (C=O) groups is 2. The summed E-state index contributed by atoms with van der Waals surface area (Å²) in [6.07, 6.45) is 4.65. The lowest BCUT2D eigenvalue weighted by Gasteiger charge is -2.21. The Balaban J connectivity index is 1.41. The van der Waals surface area contributed by atoms with Crippen molar-refractivity contribution >= 4 is 23.2 Å². The molecule has 1 heterocycles. The molecule has 0 unspecified atom stereocenters. The molecule has 0 radical (unpaired) electrons. The minimum Gasteiger partial charge on any atom is -0.493 e. The van der Waals surface area contributed by atoms with Crippen LogP contribution in [0.3, 0.4) is 0 Å². The summed E-state index contributed by atoms with van der Waals surface area (Å²) in [5.41, 5.74) is 0.475. The van der Waals surface area contributed by atoms with E-state index in [9.17, 15) is 18.4 Å². The molecule has 32 heavy (non-hydrogen) atoms. The number of benzene rings is 2. The fourth-order valence-corrected chi connectivity index (χ4v) is 4.34. The fourth-order valence-electron chi connectivity index (χ4n) is 4.34. The van der Waals surface area contributed by atoms with Crippen molar-refractivity contribution in [1.29, 1.82) is 0 Å². The molecule has 2 aliphatic rings. The summed E-state index contributed by atoms with van der Waals surface area (Å²) >= 11 is 0. The first kappa shape index (κ1) is 22.0. The molecule has 1 N–H and O–H groups in total. The van der Waals surface area contributed by atoms with Crippen LogP contribution < -0.4 is 19.7 Å². The Labute approximate surface area is 185 Å². The number of ether oxygens (including phenoxy) is 2. The van der Waals surface area contributed by atoms with Crippen molar-refractivity contribution in [3.8, 4) is 11.5 Å². The number of nitrogens with zero attached hydrogens (tertiary/aromatic N) is 1. The third kappa shape index (κ3) is 4.84.